The molecule has 0 aromatic heterocycles. The minimum atomic E-state index is -6.65. The van der Waals surface area contributed by atoms with Crippen molar-refractivity contribution in [3.8, 4) is 0 Å². The van der Waals surface area contributed by atoms with Gasteiger partial charge in [0.15, 0.2) is 0 Å². The van der Waals surface area contributed by atoms with Gasteiger partial charge in [-0.15, -0.1) is 6.58 Å². The van der Waals surface area contributed by atoms with Gasteiger partial charge in [-0.3, -0.25) is 4.55 Å². The van der Waals surface area contributed by atoms with E-state index in [0.29, 0.717) is 13.0 Å². The standard InChI is InChI=1S/C12H20F6O3S.C3H7N/c1-2-3-4-5-6-7-8-9-10(13,14)11(15,16)12(17,18)22(19,20)21;1-2-3-4/h2-9H2,1H3,(H,19,20,21);2H,1,3-4H2. The van der Waals surface area contributed by atoms with Crippen molar-refractivity contribution in [1.82, 2.24) is 0 Å². The number of unbranched alkanes of at least 4 members (excludes halogenated alkanes) is 6. The van der Waals surface area contributed by atoms with E-state index in [0.717, 1.165) is 25.7 Å². The zero-order chi connectivity index (χ0) is 21.1. The van der Waals surface area contributed by atoms with Crippen molar-refractivity contribution < 1.29 is 39.3 Å². The first-order valence-electron chi connectivity index (χ1n) is 8.14. The van der Waals surface area contributed by atoms with E-state index in [2.05, 4.69) is 6.58 Å². The van der Waals surface area contributed by atoms with Gasteiger partial charge in [0.2, 0.25) is 0 Å². The first-order valence-corrected chi connectivity index (χ1v) is 9.58. The summed E-state index contributed by atoms with van der Waals surface area (Å²) in [5.74, 6) is -11.4. The van der Waals surface area contributed by atoms with Crippen molar-refractivity contribution >= 4 is 10.1 Å². The number of hydrogen-bond donors (Lipinski definition) is 2. The fourth-order valence-electron chi connectivity index (χ4n) is 1.84. The van der Waals surface area contributed by atoms with Crippen LogP contribution >= 0.6 is 0 Å². The first-order chi connectivity index (χ1) is 11.7. The number of hydrogen-bond acceptors (Lipinski definition) is 3. The first kappa shape index (κ1) is 27.4. The highest BCUT2D eigenvalue weighted by Gasteiger charge is 2.76. The molecule has 0 aliphatic heterocycles. The summed E-state index contributed by atoms with van der Waals surface area (Å²) in [5, 5.41) is -6.25. The molecule has 0 fully saturated rings. The number of alkyl halides is 6. The fourth-order valence-corrected chi connectivity index (χ4v) is 2.31. The lowest BCUT2D eigenvalue weighted by Crippen LogP contribution is -2.57. The third-order valence-corrected chi connectivity index (χ3v) is 4.31. The van der Waals surface area contributed by atoms with E-state index < -0.39 is 40.1 Å². The largest absolute Gasteiger partial charge is 0.437 e. The van der Waals surface area contributed by atoms with Crippen LogP contribution in [0.4, 0.5) is 26.3 Å². The van der Waals surface area contributed by atoms with Crippen LogP contribution in [0, 0.1) is 0 Å². The predicted molar refractivity (Wildman–Crippen MR) is 88.3 cm³/mol. The van der Waals surface area contributed by atoms with E-state index in [1.54, 1.807) is 6.08 Å². The fraction of sp³-hybridized carbons (Fsp3) is 0.867. The summed E-state index contributed by atoms with van der Waals surface area (Å²) < 4.78 is 107. The normalized spacial score (nSPS) is 13.1. The topological polar surface area (TPSA) is 80.4 Å². The maximum absolute atomic E-state index is 13.3. The highest BCUT2D eigenvalue weighted by Crippen LogP contribution is 2.50. The van der Waals surface area contributed by atoms with Gasteiger partial charge in [-0.05, 0) is 6.42 Å². The van der Waals surface area contributed by atoms with E-state index in [1.165, 1.54) is 0 Å². The summed E-state index contributed by atoms with van der Waals surface area (Å²) in [6.07, 6.45) is 3.77. The maximum atomic E-state index is 13.3. The van der Waals surface area contributed by atoms with Gasteiger partial charge in [-0.2, -0.15) is 34.8 Å². The Bertz CT molecular complexity index is 498. The minimum Gasteiger partial charge on any atom is -0.327 e. The molecular formula is C15H27F6NO3S. The molecule has 0 aliphatic rings. The molecule has 0 bridgehead atoms. The summed E-state index contributed by atoms with van der Waals surface area (Å²) in [5.41, 5.74) is 4.91. The molecule has 11 heteroatoms. The predicted octanol–water partition coefficient (Wildman–Crippen LogP) is 5.01. The Kier molecular flexibility index (Phi) is 12.4. The third kappa shape index (κ3) is 8.26. The second-order valence-electron chi connectivity index (χ2n) is 5.67. The average molecular weight is 415 g/mol. The summed E-state index contributed by atoms with van der Waals surface area (Å²) in [7, 11) is -6.65. The van der Waals surface area contributed by atoms with Gasteiger partial charge >= 0.3 is 27.2 Å². The molecule has 0 atom stereocenters. The summed E-state index contributed by atoms with van der Waals surface area (Å²) in [4.78, 5) is 0. The van der Waals surface area contributed by atoms with Crippen LogP contribution in [0.2, 0.25) is 0 Å². The maximum Gasteiger partial charge on any atom is 0.437 e. The zero-order valence-electron chi connectivity index (χ0n) is 14.7. The molecule has 0 spiro atoms. The van der Waals surface area contributed by atoms with Gasteiger partial charge in [0, 0.05) is 13.0 Å². The van der Waals surface area contributed by atoms with Crippen LogP contribution < -0.4 is 5.73 Å². The Morgan fingerprint density at radius 2 is 1.35 bits per heavy atom. The minimum absolute atomic E-state index is 0.146. The second-order valence-corrected chi connectivity index (χ2v) is 7.13. The molecule has 0 heterocycles. The Morgan fingerprint density at radius 1 is 0.962 bits per heavy atom. The molecule has 0 aromatic rings. The molecule has 26 heavy (non-hydrogen) atoms. The van der Waals surface area contributed by atoms with Crippen molar-refractivity contribution in [1.29, 1.82) is 0 Å². The van der Waals surface area contributed by atoms with Gasteiger partial charge in [-0.1, -0.05) is 51.5 Å². The Labute approximate surface area is 150 Å². The summed E-state index contributed by atoms with van der Waals surface area (Å²) in [6, 6.07) is 0. The van der Waals surface area contributed by atoms with Gasteiger partial charge < -0.3 is 5.73 Å². The monoisotopic (exact) mass is 415 g/mol. The van der Waals surface area contributed by atoms with Gasteiger partial charge in [0.25, 0.3) is 0 Å². The van der Waals surface area contributed by atoms with Crippen molar-refractivity contribution in [2.24, 2.45) is 5.73 Å². The van der Waals surface area contributed by atoms with Crippen molar-refractivity contribution in [3.63, 3.8) is 0 Å². The lowest BCUT2D eigenvalue weighted by Gasteiger charge is -2.30. The molecule has 0 aliphatic carbocycles. The van der Waals surface area contributed by atoms with Crippen LogP contribution in [0.5, 0.6) is 0 Å². The van der Waals surface area contributed by atoms with Crippen LogP contribution in [0.1, 0.15) is 58.3 Å². The molecule has 0 rings (SSSR count). The van der Waals surface area contributed by atoms with Gasteiger partial charge in [-0.25, -0.2) is 0 Å². The smallest absolute Gasteiger partial charge is 0.327 e. The molecule has 0 amide bonds. The number of rotatable bonds is 12. The molecule has 158 valence electrons. The zero-order valence-corrected chi connectivity index (χ0v) is 15.5. The average Bonchev–Trinajstić information content (AvgIpc) is 2.52. The van der Waals surface area contributed by atoms with E-state index >= 15 is 0 Å². The van der Waals surface area contributed by atoms with Crippen LogP contribution in [-0.2, 0) is 10.1 Å². The lowest BCUT2D eigenvalue weighted by molar-refractivity contribution is -0.282. The molecule has 0 saturated heterocycles. The number of nitrogens with two attached hydrogens (primary N) is 1. The van der Waals surface area contributed by atoms with E-state index in [-0.39, 0.29) is 6.42 Å². The Balaban J connectivity index is 0. The Morgan fingerprint density at radius 3 is 1.69 bits per heavy atom. The highest BCUT2D eigenvalue weighted by molar-refractivity contribution is 7.87. The van der Waals surface area contributed by atoms with Crippen LogP contribution in [0.25, 0.3) is 0 Å². The van der Waals surface area contributed by atoms with Crippen molar-refractivity contribution in [2.45, 2.75) is 75.4 Å². The Hall–Kier alpha value is -0.810. The third-order valence-electron chi connectivity index (χ3n) is 3.41. The van der Waals surface area contributed by atoms with Crippen LogP contribution in [0.3, 0.4) is 0 Å². The molecule has 4 nitrogen and oxygen atoms in total. The van der Waals surface area contributed by atoms with Crippen molar-refractivity contribution in [2.75, 3.05) is 6.54 Å². The highest BCUT2D eigenvalue weighted by atomic mass is 32.2. The van der Waals surface area contributed by atoms with Crippen molar-refractivity contribution in [3.05, 3.63) is 12.7 Å². The van der Waals surface area contributed by atoms with Gasteiger partial charge in [0.05, 0.1) is 0 Å². The van der Waals surface area contributed by atoms with Crippen LogP contribution in [0.15, 0.2) is 12.7 Å². The van der Waals surface area contributed by atoms with E-state index in [4.69, 9.17) is 10.3 Å². The molecule has 3 N–H and O–H groups in total. The summed E-state index contributed by atoms with van der Waals surface area (Å²) >= 11 is 0. The van der Waals surface area contributed by atoms with Gasteiger partial charge in [0.1, 0.15) is 0 Å². The molecule has 0 saturated carbocycles. The lowest BCUT2D eigenvalue weighted by atomic mass is 10.0. The molecule has 0 aromatic carbocycles. The van der Waals surface area contributed by atoms with E-state index in [1.807, 2.05) is 6.92 Å². The SMILES string of the molecule is C=CCN.CCCCCCCCCC(F)(F)C(F)(F)C(F)(F)S(=O)(=O)O. The quantitative estimate of drug-likeness (QED) is 0.203. The second kappa shape index (κ2) is 11.8. The number of halogens is 6. The summed E-state index contributed by atoms with van der Waals surface area (Å²) in [6.45, 7) is 5.91. The molecular weight excluding hydrogens is 388 g/mol. The molecule has 0 radical (unpaired) electrons. The van der Waals surface area contributed by atoms with E-state index in [9.17, 15) is 34.8 Å². The van der Waals surface area contributed by atoms with Crippen LogP contribution in [-0.4, -0.2) is 36.6 Å². The molecule has 0 unspecified atom stereocenters.